The smallest absolute Gasteiger partial charge is 0.325 e. The second-order valence-electron chi connectivity index (χ2n) is 7.36. The van der Waals surface area contributed by atoms with Crippen LogP contribution in [0.1, 0.15) is 38.3 Å². The number of hydrogen-bond acceptors (Lipinski definition) is 5. The van der Waals surface area contributed by atoms with Crippen LogP contribution in [0, 0.1) is 6.92 Å². The fourth-order valence-electron chi connectivity index (χ4n) is 3.50. The van der Waals surface area contributed by atoms with Gasteiger partial charge >= 0.3 is 6.03 Å². The maximum Gasteiger partial charge on any atom is 0.325 e. The van der Waals surface area contributed by atoms with Crippen molar-refractivity contribution in [3.63, 3.8) is 0 Å². The summed E-state index contributed by atoms with van der Waals surface area (Å²) in [5.74, 6) is -0.0800. The molecule has 1 unspecified atom stereocenters. The van der Waals surface area contributed by atoms with E-state index in [0.29, 0.717) is 17.9 Å². The minimum absolute atomic E-state index is 0.291. The van der Waals surface area contributed by atoms with Gasteiger partial charge in [-0.1, -0.05) is 19.9 Å². The van der Waals surface area contributed by atoms with E-state index in [1.165, 1.54) is 0 Å². The first-order valence-corrected chi connectivity index (χ1v) is 10.0. The fraction of sp³-hybridized carbons (Fsp3) is 0.571. The number of rotatable bonds is 10. The van der Waals surface area contributed by atoms with Gasteiger partial charge in [0.2, 0.25) is 5.91 Å². The van der Waals surface area contributed by atoms with Gasteiger partial charge in [0.1, 0.15) is 17.8 Å². The number of imide groups is 1. The molecule has 8 heteroatoms. The molecule has 0 aromatic heterocycles. The SMILES string of the molecule is CCN(CC)CCCNC(=O)CN1C(=O)NC(C)(c2ccc(OC)c(C)c2)C1=O. The predicted molar refractivity (Wildman–Crippen MR) is 111 cm³/mol. The summed E-state index contributed by atoms with van der Waals surface area (Å²) in [5.41, 5.74) is 0.297. The Kier molecular flexibility index (Phi) is 7.61. The van der Waals surface area contributed by atoms with Crippen molar-refractivity contribution in [1.29, 1.82) is 0 Å². The van der Waals surface area contributed by atoms with E-state index >= 15 is 0 Å². The number of carbonyl (C=O) groups is 3. The van der Waals surface area contributed by atoms with Crippen LogP contribution in [0.5, 0.6) is 5.75 Å². The maximum absolute atomic E-state index is 13.0. The molecule has 1 aliphatic heterocycles. The highest BCUT2D eigenvalue weighted by molar-refractivity contribution is 6.09. The Morgan fingerprint density at radius 2 is 1.97 bits per heavy atom. The molecule has 0 radical (unpaired) electrons. The Labute approximate surface area is 172 Å². The zero-order valence-electron chi connectivity index (χ0n) is 18.0. The van der Waals surface area contributed by atoms with Crippen molar-refractivity contribution in [2.24, 2.45) is 0 Å². The maximum atomic E-state index is 13.0. The van der Waals surface area contributed by atoms with Crippen molar-refractivity contribution >= 4 is 17.8 Å². The summed E-state index contributed by atoms with van der Waals surface area (Å²) in [5, 5.41) is 5.51. The largest absolute Gasteiger partial charge is 0.496 e. The lowest BCUT2D eigenvalue weighted by Gasteiger charge is -2.23. The highest BCUT2D eigenvalue weighted by Gasteiger charge is 2.49. The first-order valence-electron chi connectivity index (χ1n) is 10.0. The molecule has 1 aromatic rings. The topological polar surface area (TPSA) is 91.0 Å². The van der Waals surface area contributed by atoms with E-state index in [4.69, 9.17) is 4.74 Å². The van der Waals surface area contributed by atoms with Crippen LogP contribution in [0.3, 0.4) is 0 Å². The summed E-state index contributed by atoms with van der Waals surface area (Å²) < 4.78 is 5.25. The molecule has 0 bridgehead atoms. The van der Waals surface area contributed by atoms with Crippen molar-refractivity contribution in [1.82, 2.24) is 20.4 Å². The van der Waals surface area contributed by atoms with E-state index in [9.17, 15) is 14.4 Å². The number of carbonyl (C=O) groups excluding carboxylic acids is 3. The lowest BCUT2D eigenvalue weighted by Crippen LogP contribution is -2.43. The van der Waals surface area contributed by atoms with E-state index in [0.717, 1.165) is 36.5 Å². The van der Waals surface area contributed by atoms with Gasteiger partial charge in [-0.05, 0) is 63.2 Å². The molecule has 1 saturated heterocycles. The van der Waals surface area contributed by atoms with E-state index < -0.39 is 17.5 Å². The van der Waals surface area contributed by atoms with Gasteiger partial charge in [-0.3, -0.25) is 14.5 Å². The molecule has 1 heterocycles. The molecule has 8 nitrogen and oxygen atoms in total. The lowest BCUT2D eigenvalue weighted by atomic mass is 9.90. The average molecular weight is 405 g/mol. The van der Waals surface area contributed by atoms with Crippen LogP contribution in [-0.2, 0) is 15.1 Å². The standard InChI is InChI=1S/C21H32N4O4/c1-6-24(7-2)12-8-11-22-18(26)14-25-19(27)21(4,23-20(25)28)16-9-10-17(29-5)15(3)13-16/h9-10,13H,6-8,11-12,14H2,1-5H3,(H,22,26)(H,23,28). The summed E-state index contributed by atoms with van der Waals surface area (Å²) in [7, 11) is 1.58. The Bertz CT molecular complexity index is 763. The van der Waals surface area contributed by atoms with Crippen LogP contribution < -0.4 is 15.4 Å². The third kappa shape index (κ3) is 5.06. The number of ether oxygens (including phenoxy) is 1. The number of amides is 4. The van der Waals surface area contributed by atoms with Crippen LogP contribution in [0.15, 0.2) is 18.2 Å². The number of benzene rings is 1. The number of nitrogens with one attached hydrogen (secondary N) is 2. The minimum Gasteiger partial charge on any atom is -0.496 e. The van der Waals surface area contributed by atoms with Crippen molar-refractivity contribution in [2.45, 2.75) is 39.7 Å². The van der Waals surface area contributed by atoms with Gasteiger partial charge in [0.05, 0.1) is 7.11 Å². The predicted octanol–water partition coefficient (Wildman–Crippen LogP) is 1.62. The summed E-state index contributed by atoms with van der Waals surface area (Å²) in [6.45, 7) is 10.8. The quantitative estimate of drug-likeness (QED) is 0.457. The van der Waals surface area contributed by atoms with Crippen LogP contribution in [0.2, 0.25) is 0 Å². The molecule has 29 heavy (non-hydrogen) atoms. The van der Waals surface area contributed by atoms with Crippen LogP contribution in [-0.4, -0.2) is 67.5 Å². The Morgan fingerprint density at radius 1 is 1.28 bits per heavy atom. The van der Waals surface area contributed by atoms with E-state index in [1.807, 2.05) is 13.0 Å². The van der Waals surface area contributed by atoms with Gasteiger partial charge in [0.15, 0.2) is 0 Å². The molecular weight excluding hydrogens is 372 g/mol. The molecule has 2 rings (SSSR count). The van der Waals surface area contributed by atoms with Gasteiger partial charge in [-0.15, -0.1) is 0 Å². The molecule has 0 spiro atoms. The van der Waals surface area contributed by atoms with Gasteiger partial charge in [-0.2, -0.15) is 0 Å². The van der Waals surface area contributed by atoms with Crippen LogP contribution in [0.4, 0.5) is 4.79 Å². The first kappa shape index (κ1) is 22.7. The monoisotopic (exact) mass is 404 g/mol. The molecule has 160 valence electrons. The van der Waals surface area contributed by atoms with Gasteiger partial charge in [0.25, 0.3) is 5.91 Å². The number of nitrogens with zero attached hydrogens (tertiary/aromatic N) is 2. The lowest BCUT2D eigenvalue weighted by molar-refractivity contribution is -0.134. The van der Waals surface area contributed by atoms with E-state index in [1.54, 1.807) is 26.2 Å². The van der Waals surface area contributed by atoms with Crippen LogP contribution in [0.25, 0.3) is 0 Å². The minimum atomic E-state index is -1.21. The molecule has 1 aliphatic rings. The fourth-order valence-corrected chi connectivity index (χ4v) is 3.50. The molecular formula is C21H32N4O4. The molecule has 1 atom stereocenters. The van der Waals surface area contributed by atoms with Crippen molar-refractivity contribution < 1.29 is 19.1 Å². The van der Waals surface area contributed by atoms with Gasteiger partial charge in [0, 0.05) is 6.54 Å². The Hall–Kier alpha value is -2.61. The van der Waals surface area contributed by atoms with Crippen LogP contribution >= 0.6 is 0 Å². The zero-order chi connectivity index (χ0) is 21.6. The van der Waals surface area contributed by atoms with Gasteiger partial charge in [-0.25, -0.2) is 4.79 Å². The number of hydrogen-bond donors (Lipinski definition) is 2. The normalized spacial score (nSPS) is 18.9. The average Bonchev–Trinajstić information content (AvgIpc) is 2.92. The summed E-state index contributed by atoms with van der Waals surface area (Å²) in [4.78, 5) is 40.8. The first-order chi connectivity index (χ1) is 13.8. The van der Waals surface area contributed by atoms with E-state index in [2.05, 4.69) is 29.4 Å². The molecule has 2 N–H and O–H groups in total. The number of methoxy groups -OCH3 is 1. The summed E-state index contributed by atoms with van der Waals surface area (Å²) in [6.07, 6.45) is 0.816. The molecule has 4 amide bonds. The van der Waals surface area contributed by atoms with Gasteiger partial charge < -0.3 is 20.3 Å². The zero-order valence-corrected chi connectivity index (χ0v) is 18.0. The molecule has 0 aliphatic carbocycles. The molecule has 1 aromatic carbocycles. The second kappa shape index (κ2) is 9.73. The van der Waals surface area contributed by atoms with Crippen molar-refractivity contribution in [2.75, 3.05) is 39.8 Å². The highest BCUT2D eigenvalue weighted by Crippen LogP contribution is 2.31. The summed E-state index contributed by atoms with van der Waals surface area (Å²) >= 11 is 0. The third-order valence-electron chi connectivity index (χ3n) is 5.42. The second-order valence-corrected chi connectivity index (χ2v) is 7.36. The Balaban J connectivity index is 1.97. The molecule has 1 fully saturated rings. The summed E-state index contributed by atoms with van der Waals surface area (Å²) in [6, 6.07) is 4.76. The number of urea groups is 1. The van der Waals surface area contributed by atoms with Crippen molar-refractivity contribution in [3.05, 3.63) is 29.3 Å². The van der Waals surface area contributed by atoms with E-state index in [-0.39, 0.29) is 12.5 Å². The number of aryl methyl sites for hydroxylation is 1. The Morgan fingerprint density at radius 3 is 2.55 bits per heavy atom. The van der Waals surface area contributed by atoms with Crippen molar-refractivity contribution in [3.8, 4) is 5.75 Å². The molecule has 0 saturated carbocycles. The highest BCUT2D eigenvalue weighted by atomic mass is 16.5. The third-order valence-corrected chi connectivity index (χ3v) is 5.42.